The van der Waals surface area contributed by atoms with Crippen molar-refractivity contribution in [3.8, 4) is 0 Å². The Labute approximate surface area is 154 Å². The van der Waals surface area contributed by atoms with Crippen LogP contribution in [0.2, 0.25) is 5.15 Å². The number of rotatable bonds is 4. The van der Waals surface area contributed by atoms with Crippen molar-refractivity contribution < 1.29 is 13.2 Å². The summed E-state index contributed by atoms with van der Waals surface area (Å²) in [4.78, 5) is 12.1. The highest BCUT2D eigenvalue weighted by Gasteiger charge is 2.34. The molecule has 1 N–H and O–H groups in total. The number of aromatic nitrogens is 2. The van der Waals surface area contributed by atoms with Gasteiger partial charge in [0.25, 0.3) is 0 Å². The Hall–Kier alpha value is -2.06. The van der Waals surface area contributed by atoms with Crippen molar-refractivity contribution in [3.05, 3.63) is 41.2 Å². The van der Waals surface area contributed by atoms with Crippen LogP contribution in [0.4, 0.5) is 30.5 Å². The number of likely N-dealkylation sites (N-methyl/N-ethyl adjacent to an activating group) is 1. The zero-order valence-electron chi connectivity index (χ0n) is 14.2. The topological polar surface area (TPSA) is 44.3 Å². The van der Waals surface area contributed by atoms with Gasteiger partial charge in [0.1, 0.15) is 10.7 Å². The third-order valence-electron chi connectivity index (χ3n) is 4.36. The summed E-state index contributed by atoms with van der Waals surface area (Å²) < 4.78 is 38.0. The van der Waals surface area contributed by atoms with Crippen molar-refractivity contribution in [1.29, 1.82) is 0 Å². The first-order valence-corrected chi connectivity index (χ1v) is 8.68. The smallest absolute Gasteiger partial charge is 0.369 e. The Morgan fingerprint density at radius 3 is 2.31 bits per heavy atom. The number of piperazine rings is 1. The van der Waals surface area contributed by atoms with E-state index in [0.717, 1.165) is 38.4 Å². The maximum Gasteiger partial charge on any atom is 0.420 e. The number of halogens is 4. The quantitative estimate of drug-likeness (QED) is 0.805. The minimum Gasteiger partial charge on any atom is -0.369 e. The predicted octanol–water partition coefficient (Wildman–Crippen LogP) is 4.03. The Morgan fingerprint density at radius 1 is 1.12 bits per heavy atom. The van der Waals surface area contributed by atoms with Crippen LogP contribution in [-0.4, -0.2) is 47.6 Å². The maximum absolute atomic E-state index is 12.7. The largest absolute Gasteiger partial charge is 0.420 e. The number of benzene rings is 1. The van der Waals surface area contributed by atoms with Gasteiger partial charge in [-0.1, -0.05) is 18.5 Å². The highest BCUT2D eigenvalue weighted by atomic mass is 35.5. The van der Waals surface area contributed by atoms with Crippen LogP contribution in [0.1, 0.15) is 12.5 Å². The molecule has 0 atom stereocenters. The van der Waals surface area contributed by atoms with Gasteiger partial charge in [-0.2, -0.15) is 13.2 Å². The summed E-state index contributed by atoms with van der Waals surface area (Å²) >= 11 is 5.61. The Bertz CT molecular complexity index is 743. The van der Waals surface area contributed by atoms with Crippen LogP contribution in [0.25, 0.3) is 0 Å². The van der Waals surface area contributed by atoms with E-state index in [0.29, 0.717) is 11.9 Å². The Morgan fingerprint density at radius 2 is 1.77 bits per heavy atom. The molecule has 0 unspecified atom stereocenters. The van der Waals surface area contributed by atoms with Crippen LogP contribution in [0.3, 0.4) is 0 Å². The first-order valence-electron chi connectivity index (χ1n) is 8.31. The third-order valence-corrected chi connectivity index (χ3v) is 4.64. The molecule has 5 nitrogen and oxygen atoms in total. The molecular formula is C17H19ClF3N5. The van der Waals surface area contributed by atoms with Gasteiger partial charge < -0.3 is 15.1 Å². The van der Waals surface area contributed by atoms with Crippen molar-refractivity contribution in [1.82, 2.24) is 14.9 Å². The van der Waals surface area contributed by atoms with Gasteiger partial charge in [-0.05, 0) is 30.8 Å². The molecule has 1 aromatic carbocycles. The molecule has 1 fully saturated rings. The average Bonchev–Trinajstić information content (AvgIpc) is 2.61. The van der Waals surface area contributed by atoms with E-state index in [2.05, 4.69) is 32.0 Å². The van der Waals surface area contributed by atoms with E-state index in [4.69, 9.17) is 11.6 Å². The molecule has 1 aliphatic rings. The minimum atomic E-state index is -4.57. The van der Waals surface area contributed by atoms with Gasteiger partial charge >= 0.3 is 6.18 Å². The monoisotopic (exact) mass is 385 g/mol. The summed E-state index contributed by atoms with van der Waals surface area (Å²) in [6.07, 6.45) is -3.89. The second-order valence-electron chi connectivity index (χ2n) is 5.99. The lowest BCUT2D eigenvalue weighted by Crippen LogP contribution is -2.46. The van der Waals surface area contributed by atoms with E-state index in [1.807, 2.05) is 24.3 Å². The summed E-state index contributed by atoms with van der Waals surface area (Å²) in [5, 5.41) is 2.24. The van der Waals surface area contributed by atoms with Crippen LogP contribution >= 0.6 is 11.6 Å². The van der Waals surface area contributed by atoms with Crippen molar-refractivity contribution in [2.45, 2.75) is 13.1 Å². The van der Waals surface area contributed by atoms with Gasteiger partial charge in [-0.3, -0.25) is 0 Å². The number of hydrogen-bond donors (Lipinski definition) is 1. The zero-order chi connectivity index (χ0) is 18.7. The van der Waals surface area contributed by atoms with Gasteiger partial charge in [0.05, 0.1) is 0 Å². The maximum atomic E-state index is 12.7. The van der Waals surface area contributed by atoms with Crippen LogP contribution < -0.4 is 10.2 Å². The van der Waals surface area contributed by atoms with Gasteiger partial charge in [-0.25, -0.2) is 9.97 Å². The normalized spacial score (nSPS) is 16.0. The number of nitrogens with zero attached hydrogens (tertiary/aromatic N) is 4. The summed E-state index contributed by atoms with van der Waals surface area (Å²) in [7, 11) is 0. The average molecular weight is 386 g/mol. The van der Waals surface area contributed by atoms with Crippen LogP contribution in [-0.2, 0) is 6.18 Å². The standard InChI is InChI=1S/C17H19ClF3N5/c1-2-25-7-9-26(10-8-25)13-5-3-12(4-6-13)23-16-22-11-14(15(18)24-16)17(19,20)21/h3-6,11H,2,7-10H2,1H3,(H,22,23,24). The first kappa shape index (κ1) is 18.7. The van der Waals surface area contributed by atoms with Crippen LogP contribution in [0.5, 0.6) is 0 Å². The van der Waals surface area contributed by atoms with Gasteiger partial charge in [0, 0.05) is 43.8 Å². The lowest BCUT2D eigenvalue weighted by atomic mass is 10.2. The molecule has 1 aliphatic heterocycles. The van der Waals surface area contributed by atoms with E-state index >= 15 is 0 Å². The fourth-order valence-electron chi connectivity index (χ4n) is 2.82. The van der Waals surface area contributed by atoms with Crippen molar-refractivity contribution in [2.75, 3.05) is 42.9 Å². The lowest BCUT2D eigenvalue weighted by Gasteiger charge is -2.35. The molecular weight excluding hydrogens is 367 g/mol. The van der Waals surface area contributed by atoms with Gasteiger partial charge in [0.2, 0.25) is 5.95 Å². The molecule has 2 aromatic rings. The van der Waals surface area contributed by atoms with E-state index in [1.165, 1.54) is 0 Å². The van der Waals surface area contributed by atoms with Gasteiger partial charge in [0.15, 0.2) is 0 Å². The molecule has 0 amide bonds. The lowest BCUT2D eigenvalue weighted by molar-refractivity contribution is -0.137. The number of alkyl halides is 3. The molecule has 0 aliphatic carbocycles. The SMILES string of the molecule is CCN1CCN(c2ccc(Nc3ncc(C(F)(F)F)c(Cl)n3)cc2)CC1. The van der Waals surface area contributed by atoms with Crippen molar-refractivity contribution >= 4 is 28.9 Å². The summed E-state index contributed by atoms with van der Waals surface area (Å²) in [5.41, 5.74) is 0.737. The number of nitrogens with one attached hydrogen (secondary N) is 1. The molecule has 0 saturated carbocycles. The summed E-state index contributed by atoms with van der Waals surface area (Å²) in [5.74, 6) is 0.0207. The molecule has 2 heterocycles. The Balaban J connectivity index is 1.65. The second kappa shape index (κ2) is 7.67. The van der Waals surface area contributed by atoms with Gasteiger partial charge in [-0.15, -0.1) is 0 Å². The third kappa shape index (κ3) is 4.37. The van der Waals surface area contributed by atoms with Crippen molar-refractivity contribution in [3.63, 3.8) is 0 Å². The summed E-state index contributed by atoms with van der Waals surface area (Å²) in [6, 6.07) is 7.62. The number of anilines is 3. The Kier molecular flexibility index (Phi) is 5.52. The van der Waals surface area contributed by atoms with E-state index in [-0.39, 0.29) is 5.95 Å². The highest BCUT2D eigenvalue weighted by molar-refractivity contribution is 6.30. The fraction of sp³-hybridized carbons (Fsp3) is 0.412. The molecule has 26 heavy (non-hydrogen) atoms. The predicted molar refractivity (Wildman–Crippen MR) is 96.1 cm³/mol. The van der Waals surface area contributed by atoms with E-state index < -0.39 is 16.9 Å². The molecule has 0 radical (unpaired) electrons. The molecule has 0 bridgehead atoms. The first-order chi connectivity index (χ1) is 12.4. The minimum absolute atomic E-state index is 0.0207. The van der Waals surface area contributed by atoms with Crippen LogP contribution in [0.15, 0.2) is 30.5 Å². The molecule has 9 heteroatoms. The van der Waals surface area contributed by atoms with E-state index in [9.17, 15) is 13.2 Å². The highest BCUT2D eigenvalue weighted by Crippen LogP contribution is 2.33. The summed E-state index contributed by atoms with van der Waals surface area (Å²) in [6.45, 7) is 7.23. The van der Waals surface area contributed by atoms with Crippen LogP contribution in [0, 0.1) is 0 Å². The number of hydrogen-bond acceptors (Lipinski definition) is 5. The molecule has 1 saturated heterocycles. The molecule has 3 rings (SSSR count). The second-order valence-corrected chi connectivity index (χ2v) is 6.35. The van der Waals surface area contributed by atoms with Crippen molar-refractivity contribution in [2.24, 2.45) is 0 Å². The fourth-order valence-corrected chi connectivity index (χ4v) is 3.05. The molecule has 140 valence electrons. The zero-order valence-corrected chi connectivity index (χ0v) is 15.0. The van der Waals surface area contributed by atoms with E-state index in [1.54, 1.807) is 0 Å². The molecule has 1 aromatic heterocycles. The molecule has 0 spiro atoms.